The first-order chi connectivity index (χ1) is 13.0. The van der Waals surface area contributed by atoms with Crippen molar-refractivity contribution in [3.05, 3.63) is 35.7 Å². The summed E-state index contributed by atoms with van der Waals surface area (Å²) in [4.78, 5) is 4.12. The van der Waals surface area contributed by atoms with Gasteiger partial charge in [0.1, 0.15) is 5.75 Å². The molecule has 11 heteroatoms. The van der Waals surface area contributed by atoms with Crippen LogP contribution in [0, 0.1) is 6.92 Å². The van der Waals surface area contributed by atoms with E-state index in [-0.39, 0.29) is 43.1 Å². The van der Waals surface area contributed by atoms with Gasteiger partial charge in [0.15, 0.2) is 17.5 Å². The van der Waals surface area contributed by atoms with Gasteiger partial charge in [-0.1, -0.05) is 0 Å². The number of ether oxygens (including phenoxy) is 3. The van der Waals surface area contributed by atoms with E-state index in [1.165, 1.54) is 6.07 Å². The van der Waals surface area contributed by atoms with Crippen LogP contribution in [-0.2, 0) is 13.1 Å². The Labute approximate surface area is 178 Å². The third-order valence-electron chi connectivity index (χ3n) is 3.84. The fourth-order valence-electron chi connectivity index (χ4n) is 2.59. The highest BCUT2D eigenvalue weighted by Gasteiger charge is 2.20. The second-order valence-corrected chi connectivity index (χ2v) is 5.82. The number of benzene rings is 1. The fraction of sp³-hybridized carbons (Fsp3) is 0.412. The van der Waals surface area contributed by atoms with Gasteiger partial charge in [-0.05, 0) is 18.6 Å². The van der Waals surface area contributed by atoms with Crippen LogP contribution in [-0.4, -0.2) is 42.7 Å². The van der Waals surface area contributed by atoms with E-state index in [0.717, 1.165) is 5.56 Å². The molecular weight excluding hydrogens is 487 g/mol. The predicted molar refractivity (Wildman–Crippen MR) is 110 cm³/mol. The molecule has 0 radical (unpaired) electrons. The molecule has 0 unspecified atom stereocenters. The maximum atomic E-state index is 12.7. The number of halogens is 3. The van der Waals surface area contributed by atoms with Crippen molar-refractivity contribution in [2.75, 3.05) is 20.4 Å². The predicted octanol–water partition coefficient (Wildman–Crippen LogP) is 2.50. The van der Waals surface area contributed by atoms with Gasteiger partial charge >= 0.3 is 6.61 Å². The zero-order chi connectivity index (χ0) is 19.2. The molecule has 0 saturated carbocycles. The number of nitrogens with zero attached hydrogens (tertiary/aromatic N) is 3. The number of aryl methyl sites for hydroxylation is 1. The number of hydrogen-bond donors (Lipinski definition) is 2. The van der Waals surface area contributed by atoms with Crippen molar-refractivity contribution in [1.29, 1.82) is 0 Å². The number of hydrogen-bond acceptors (Lipinski definition) is 5. The number of rotatable bonds is 7. The quantitative estimate of drug-likeness (QED) is 0.339. The molecule has 28 heavy (non-hydrogen) atoms. The minimum absolute atomic E-state index is 0. The fourth-order valence-corrected chi connectivity index (χ4v) is 2.59. The summed E-state index contributed by atoms with van der Waals surface area (Å²) in [6.07, 6.45) is 3.73. The van der Waals surface area contributed by atoms with Crippen molar-refractivity contribution in [3.8, 4) is 17.2 Å². The lowest BCUT2D eigenvalue weighted by Crippen LogP contribution is -2.38. The molecule has 0 bridgehead atoms. The molecule has 1 aliphatic rings. The van der Waals surface area contributed by atoms with Gasteiger partial charge in [-0.25, -0.2) is 0 Å². The number of guanidine groups is 1. The molecule has 2 heterocycles. The molecule has 2 aromatic rings. The van der Waals surface area contributed by atoms with Gasteiger partial charge in [0, 0.05) is 38.0 Å². The van der Waals surface area contributed by atoms with Gasteiger partial charge in [-0.15, -0.1) is 24.0 Å². The maximum Gasteiger partial charge on any atom is 0.387 e. The number of aromatic nitrogens is 2. The van der Waals surface area contributed by atoms with Crippen LogP contribution < -0.4 is 24.8 Å². The smallest absolute Gasteiger partial charge is 0.387 e. The first kappa shape index (κ1) is 22.0. The molecule has 0 fully saturated rings. The summed E-state index contributed by atoms with van der Waals surface area (Å²) in [6, 6.07) is 3.02. The molecule has 3 rings (SSSR count). The third kappa shape index (κ3) is 5.84. The van der Waals surface area contributed by atoms with Crippen molar-refractivity contribution in [2.45, 2.75) is 26.6 Å². The average molecular weight is 509 g/mol. The Morgan fingerprint density at radius 2 is 2.07 bits per heavy atom. The first-order valence-corrected chi connectivity index (χ1v) is 8.36. The van der Waals surface area contributed by atoms with Gasteiger partial charge in [0.25, 0.3) is 0 Å². The lowest BCUT2D eigenvalue weighted by Gasteiger charge is -2.15. The monoisotopic (exact) mass is 509 g/mol. The van der Waals surface area contributed by atoms with Crippen LogP contribution in [0.25, 0.3) is 0 Å². The Balaban J connectivity index is 0.00000280. The Morgan fingerprint density at radius 1 is 1.32 bits per heavy atom. The van der Waals surface area contributed by atoms with Crippen LogP contribution in [0.5, 0.6) is 17.2 Å². The molecule has 0 spiro atoms. The molecule has 0 atom stereocenters. The van der Waals surface area contributed by atoms with Crippen molar-refractivity contribution in [3.63, 3.8) is 0 Å². The summed E-state index contributed by atoms with van der Waals surface area (Å²) in [7, 11) is 1.63. The topological polar surface area (TPSA) is 81.9 Å². The van der Waals surface area contributed by atoms with E-state index >= 15 is 0 Å². The number of aliphatic imine (C=N–C) groups is 1. The molecule has 154 valence electrons. The summed E-state index contributed by atoms with van der Waals surface area (Å²) in [5.41, 5.74) is 1.59. The van der Waals surface area contributed by atoms with Gasteiger partial charge in [0.2, 0.25) is 6.79 Å². The molecule has 2 N–H and O–H groups in total. The van der Waals surface area contributed by atoms with Gasteiger partial charge < -0.3 is 24.8 Å². The second-order valence-electron chi connectivity index (χ2n) is 5.82. The van der Waals surface area contributed by atoms with Crippen molar-refractivity contribution in [1.82, 2.24) is 20.4 Å². The lowest BCUT2D eigenvalue weighted by molar-refractivity contribution is -0.0505. The van der Waals surface area contributed by atoms with Crippen LogP contribution in [0.4, 0.5) is 8.78 Å². The summed E-state index contributed by atoms with van der Waals surface area (Å²) < 4.78 is 42.3. The second kappa shape index (κ2) is 10.3. The van der Waals surface area contributed by atoms with Crippen LogP contribution >= 0.6 is 24.0 Å². The molecule has 1 aromatic heterocycles. The van der Waals surface area contributed by atoms with Gasteiger partial charge in [0.05, 0.1) is 12.7 Å². The van der Waals surface area contributed by atoms with E-state index in [1.807, 2.05) is 17.8 Å². The summed E-state index contributed by atoms with van der Waals surface area (Å²) in [5, 5.41) is 10.4. The van der Waals surface area contributed by atoms with E-state index in [9.17, 15) is 8.78 Å². The van der Waals surface area contributed by atoms with E-state index in [1.54, 1.807) is 19.3 Å². The van der Waals surface area contributed by atoms with Crippen LogP contribution in [0.2, 0.25) is 0 Å². The highest BCUT2D eigenvalue weighted by atomic mass is 127. The summed E-state index contributed by atoms with van der Waals surface area (Å²) >= 11 is 0. The lowest BCUT2D eigenvalue weighted by atomic mass is 10.1. The number of nitrogens with one attached hydrogen (secondary N) is 2. The zero-order valence-corrected chi connectivity index (χ0v) is 17.8. The highest BCUT2D eigenvalue weighted by Crippen LogP contribution is 2.38. The Kier molecular flexibility index (Phi) is 8.08. The average Bonchev–Trinajstić information content (AvgIpc) is 3.25. The maximum absolute atomic E-state index is 12.7. The molecule has 0 saturated heterocycles. The molecule has 0 aliphatic carbocycles. The summed E-state index contributed by atoms with van der Waals surface area (Å²) in [5.74, 6) is 1.43. The molecule has 0 amide bonds. The van der Waals surface area contributed by atoms with Crippen LogP contribution in [0.15, 0.2) is 29.5 Å². The third-order valence-corrected chi connectivity index (χ3v) is 3.84. The minimum atomic E-state index is -2.93. The number of alkyl halides is 2. The SMILES string of the molecule is CN=C(NCCn1cc(C)cn1)NCc1cc2c(cc1OC(F)F)OCO2.I. The van der Waals surface area contributed by atoms with Crippen LogP contribution in [0.3, 0.4) is 0 Å². The van der Waals surface area contributed by atoms with E-state index in [2.05, 4.69) is 25.5 Å². The van der Waals surface area contributed by atoms with Crippen molar-refractivity contribution in [2.24, 2.45) is 4.99 Å². The Bertz CT molecular complexity index is 816. The van der Waals surface area contributed by atoms with Gasteiger partial charge in [-0.3, -0.25) is 9.67 Å². The summed E-state index contributed by atoms with van der Waals surface area (Å²) in [6.45, 7) is 0.581. The number of fused-ring (bicyclic) bond motifs is 1. The van der Waals surface area contributed by atoms with Gasteiger partial charge in [-0.2, -0.15) is 13.9 Å². The van der Waals surface area contributed by atoms with E-state index in [4.69, 9.17) is 9.47 Å². The van der Waals surface area contributed by atoms with E-state index < -0.39 is 6.61 Å². The van der Waals surface area contributed by atoms with E-state index in [0.29, 0.717) is 36.1 Å². The first-order valence-electron chi connectivity index (χ1n) is 8.36. The molecule has 1 aromatic carbocycles. The molecule has 1 aliphatic heterocycles. The molecule has 8 nitrogen and oxygen atoms in total. The Morgan fingerprint density at radius 3 is 2.71 bits per heavy atom. The Hall–Kier alpha value is -2.31. The zero-order valence-electron chi connectivity index (χ0n) is 15.4. The normalized spacial score (nSPS) is 12.7. The largest absolute Gasteiger partial charge is 0.454 e. The molecular formula is C17H22F2IN5O3. The van der Waals surface area contributed by atoms with Crippen molar-refractivity contribution >= 4 is 29.9 Å². The minimum Gasteiger partial charge on any atom is -0.454 e. The standard InChI is InChI=1S/C17H21F2N5O3.HI/c1-11-7-23-24(9-11)4-3-21-17(20-2)22-8-12-5-14-15(26-10-25-14)6-13(12)27-16(18)19;/h5-7,9,16H,3-4,8,10H2,1-2H3,(H2,20,21,22);1H. The van der Waals surface area contributed by atoms with Crippen molar-refractivity contribution < 1.29 is 23.0 Å². The van der Waals surface area contributed by atoms with Crippen LogP contribution in [0.1, 0.15) is 11.1 Å². The highest BCUT2D eigenvalue weighted by molar-refractivity contribution is 14.0.